The zero-order valence-corrected chi connectivity index (χ0v) is 11.7. The molecule has 1 aliphatic heterocycles. The lowest BCUT2D eigenvalue weighted by Crippen LogP contribution is -2.44. The van der Waals surface area contributed by atoms with Gasteiger partial charge in [0.25, 0.3) is 0 Å². The van der Waals surface area contributed by atoms with E-state index >= 15 is 0 Å². The third-order valence-electron chi connectivity index (χ3n) is 3.24. The highest BCUT2D eigenvalue weighted by Gasteiger charge is 2.29. The van der Waals surface area contributed by atoms with E-state index in [1.807, 2.05) is 42.1 Å². The summed E-state index contributed by atoms with van der Waals surface area (Å²) in [7, 11) is 0. The van der Waals surface area contributed by atoms with Gasteiger partial charge in [-0.15, -0.1) is 0 Å². The smallest absolute Gasteiger partial charge is 0.244 e. The fraction of sp³-hybridized carbons (Fsp3) is 0.400. The Labute approximate surface area is 118 Å². The largest absolute Gasteiger partial charge is 0.388 e. The Balaban J connectivity index is 1.80. The van der Waals surface area contributed by atoms with E-state index in [1.54, 1.807) is 6.08 Å². The molecule has 0 unspecified atom stereocenters. The van der Waals surface area contributed by atoms with Crippen molar-refractivity contribution in [1.29, 1.82) is 0 Å². The van der Waals surface area contributed by atoms with Crippen LogP contribution in [0.3, 0.4) is 0 Å². The van der Waals surface area contributed by atoms with E-state index < -0.39 is 5.60 Å². The van der Waals surface area contributed by atoms with Gasteiger partial charge in [-0.2, -0.15) is 11.8 Å². The molecule has 1 amide bonds. The van der Waals surface area contributed by atoms with Crippen LogP contribution >= 0.6 is 11.8 Å². The molecule has 2 N–H and O–H groups in total. The van der Waals surface area contributed by atoms with Crippen LogP contribution in [-0.4, -0.2) is 34.7 Å². The quantitative estimate of drug-likeness (QED) is 0.828. The standard InChI is InChI=1S/C15H19NO2S/c17-14(7-6-13-4-2-1-3-5-13)16-12-15(18)8-10-19-11-9-15/h1-7,18H,8-12H2,(H,16,17)/b7-6-. The second-order valence-corrected chi connectivity index (χ2v) is 6.02. The van der Waals surface area contributed by atoms with Gasteiger partial charge in [0.15, 0.2) is 0 Å². The maximum Gasteiger partial charge on any atom is 0.244 e. The number of carbonyl (C=O) groups excluding carboxylic acids is 1. The molecule has 0 radical (unpaired) electrons. The normalized spacial score (nSPS) is 18.4. The van der Waals surface area contributed by atoms with E-state index in [4.69, 9.17) is 0 Å². The van der Waals surface area contributed by atoms with E-state index in [9.17, 15) is 9.90 Å². The summed E-state index contributed by atoms with van der Waals surface area (Å²) in [5, 5.41) is 13.0. The van der Waals surface area contributed by atoms with Crippen molar-refractivity contribution in [2.45, 2.75) is 18.4 Å². The van der Waals surface area contributed by atoms with Crippen LogP contribution in [0.25, 0.3) is 6.08 Å². The van der Waals surface area contributed by atoms with E-state index in [1.165, 1.54) is 6.08 Å². The van der Waals surface area contributed by atoms with Crippen molar-refractivity contribution < 1.29 is 9.90 Å². The lowest BCUT2D eigenvalue weighted by atomic mass is 9.97. The van der Waals surface area contributed by atoms with Crippen molar-refractivity contribution >= 4 is 23.7 Å². The molecule has 2 rings (SSSR count). The van der Waals surface area contributed by atoms with Gasteiger partial charge >= 0.3 is 0 Å². The molecule has 19 heavy (non-hydrogen) atoms. The van der Waals surface area contributed by atoms with Gasteiger partial charge < -0.3 is 10.4 Å². The molecule has 1 fully saturated rings. The number of amides is 1. The Morgan fingerprint density at radius 2 is 2.00 bits per heavy atom. The van der Waals surface area contributed by atoms with Crippen molar-refractivity contribution in [2.75, 3.05) is 18.1 Å². The minimum atomic E-state index is -0.721. The van der Waals surface area contributed by atoms with Crippen LogP contribution in [-0.2, 0) is 4.79 Å². The fourth-order valence-electron chi connectivity index (χ4n) is 1.97. The number of hydrogen-bond acceptors (Lipinski definition) is 3. The van der Waals surface area contributed by atoms with E-state index in [0.29, 0.717) is 6.54 Å². The molecular weight excluding hydrogens is 258 g/mol. The molecule has 0 atom stereocenters. The molecular formula is C15H19NO2S. The minimum absolute atomic E-state index is 0.157. The molecule has 1 aromatic rings. The van der Waals surface area contributed by atoms with Gasteiger partial charge in [-0.1, -0.05) is 30.3 Å². The Bertz CT molecular complexity index is 439. The van der Waals surface area contributed by atoms with Crippen LogP contribution in [0.1, 0.15) is 18.4 Å². The topological polar surface area (TPSA) is 49.3 Å². The van der Waals surface area contributed by atoms with Crippen LogP contribution in [0.2, 0.25) is 0 Å². The van der Waals surface area contributed by atoms with Crippen LogP contribution in [0, 0.1) is 0 Å². The second-order valence-electron chi connectivity index (χ2n) is 4.80. The van der Waals surface area contributed by atoms with Gasteiger partial charge in [-0.25, -0.2) is 0 Å². The molecule has 0 aromatic heterocycles. The highest BCUT2D eigenvalue weighted by molar-refractivity contribution is 7.99. The first-order valence-corrected chi connectivity index (χ1v) is 7.65. The zero-order chi connectivity index (χ0) is 13.6. The predicted octanol–water partition coefficient (Wildman–Crippen LogP) is 2.07. The van der Waals surface area contributed by atoms with Gasteiger partial charge in [0.05, 0.1) is 5.60 Å². The lowest BCUT2D eigenvalue weighted by molar-refractivity contribution is -0.117. The Morgan fingerprint density at radius 3 is 2.68 bits per heavy atom. The van der Waals surface area contributed by atoms with Gasteiger partial charge in [-0.3, -0.25) is 4.79 Å². The molecule has 0 spiro atoms. The van der Waals surface area contributed by atoms with Crippen molar-refractivity contribution in [3.63, 3.8) is 0 Å². The van der Waals surface area contributed by atoms with Crippen molar-refractivity contribution in [3.05, 3.63) is 42.0 Å². The van der Waals surface area contributed by atoms with Crippen molar-refractivity contribution in [3.8, 4) is 0 Å². The van der Waals surface area contributed by atoms with Crippen LogP contribution in [0.15, 0.2) is 36.4 Å². The average Bonchev–Trinajstić information content (AvgIpc) is 2.45. The first-order chi connectivity index (χ1) is 9.18. The Morgan fingerprint density at radius 1 is 1.32 bits per heavy atom. The summed E-state index contributed by atoms with van der Waals surface area (Å²) >= 11 is 1.85. The van der Waals surface area contributed by atoms with Gasteiger partial charge in [0.1, 0.15) is 0 Å². The zero-order valence-electron chi connectivity index (χ0n) is 10.8. The van der Waals surface area contributed by atoms with Gasteiger partial charge in [-0.05, 0) is 36.0 Å². The van der Waals surface area contributed by atoms with Gasteiger partial charge in [0.2, 0.25) is 5.91 Å². The number of thioether (sulfide) groups is 1. The molecule has 1 aliphatic rings. The highest BCUT2D eigenvalue weighted by atomic mass is 32.2. The Hall–Kier alpha value is -1.26. The summed E-state index contributed by atoms with van der Waals surface area (Å²) < 4.78 is 0. The predicted molar refractivity (Wildman–Crippen MR) is 80.0 cm³/mol. The average molecular weight is 277 g/mol. The maximum absolute atomic E-state index is 11.7. The molecule has 0 bridgehead atoms. The third-order valence-corrected chi connectivity index (χ3v) is 4.23. The van der Waals surface area contributed by atoms with E-state index in [0.717, 1.165) is 29.9 Å². The van der Waals surface area contributed by atoms with Crippen molar-refractivity contribution in [1.82, 2.24) is 5.32 Å². The number of rotatable bonds is 4. The minimum Gasteiger partial charge on any atom is -0.388 e. The molecule has 4 heteroatoms. The van der Waals surface area contributed by atoms with Crippen LogP contribution < -0.4 is 5.32 Å². The fourth-order valence-corrected chi connectivity index (χ4v) is 3.23. The molecule has 1 saturated heterocycles. The lowest BCUT2D eigenvalue weighted by Gasteiger charge is -2.31. The number of carbonyl (C=O) groups is 1. The number of aliphatic hydroxyl groups is 1. The maximum atomic E-state index is 11.7. The first kappa shape index (κ1) is 14.2. The van der Waals surface area contributed by atoms with Crippen molar-refractivity contribution in [2.24, 2.45) is 0 Å². The molecule has 1 aromatic carbocycles. The molecule has 102 valence electrons. The number of nitrogens with one attached hydrogen (secondary N) is 1. The number of benzene rings is 1. The van der Waals surface area contributed by atoms with Gasteiger partial charge in [0, 0.05) is 12.6 Å². The highest BCUT2D eigenvalue weighted by Crippen LogP contribution is 2.26. The molecule has 1 heterocycles. The summed E-state index contributed by atoms with van der Waals surface area (Å²) in [5.74, 6) is 1.77. The summed E-state index contributed by atoms with van der Waals surface area (Å²) in [6.45, 7) is 0.339. The summed E-state index contributed by atoms with van der Waals surface area (Å²) in [6, 6.07) is 9.68. The third kappa shape index (κ3) is 4.73. The SMILES string of the molecule is O=C(/C=C\c1ccccc1)NCC1(O)CCSCC1. The molecule has 0 saturated carbocycles. The molecule has 0 aliphatic carbocycles. The monoisotopic (exact) mass is 277 g/mol. The second kappa shape index (κ2) is 6.78. The first-order valence-electron chi connectivity index (χ1n) is 6.49. The van der Waals surface area contributed by atoms with Crippen LogP contribution in [0.5, 0.6) is 0 Å². The van der Waals surface area contributed by atoms with E-state index in [2.05, 4.69) is 5.32 Å². The summed E-state index contributed by atoms with van der Waals surface area (Å²) in [5.41, 5.74) is 0.270. The molecule has 3 nitrogen and oxygen atoms in total. The Kier molecular flexibility index (Phi) is 5.05. The summed E-state index contributed by atoms with van der Waals surface area (Å²) in [6.07, 6.45) is 4.78. The van der Waals surface area contributed by atoms with Crippen LogP contribution in [0.4, 0.5) is 0 Å². The summed E-state index contributed by atoms with van der Waals surface area (Å²) in [4.78, 5) is 11.7. The number of hydrogen-bond donors (Lipinski definition) is 2. The van der Waals surface area contributed by atoms with E-state index in [-0.39, 0.29) is 5.91 Å².